The molecule has 0 amide bonds. The maximum absolute atomic E-state index is 13.0. The second-order valence-corrected chi connectivity index (χ2v) is 5.12. The van der Waals surface area contributed by atoms with E-state index in [1.165, 1.54) is 24.3 Å². The van der Waals surface area contributed by atoms with Crippen molar-refractivity contribution in [3.63, 3.8) is 0 Å². The lowest BCUT2D eigenvalue weighted by Gasteiger charge is -2.24. The number of fused-ring (bicyclic) bond motifs is 1. The average molecular weight is 316 g/mol. The van der Waals surface area contributed by atoms with Gasteiger partial charge in [0, 0.05) is 6.07 Å². The quantitative estimate of drug-likeness (QED) is 0.939. The van der Waals surface area contributed by atoms with Crippen LogP contribution in [0.3, 0.4) is 0 Å². The van der Waals surface area contributed by atoms with Gasteiger partial charge in [-0.1, -0.05) is 12.1 Å². The SMILES string of the molecule is O=C(O)COc1ccc2c(c1)OCC(c1ccc(F)cc1)C2=O. The lowest BCUT2D eigenvalue weighted by Crippen LogP contribution is -2.26. The Morgan fingerprint density at radius 3 is 2.70 bits per heavy atom. The lowest BCUT2D eigenvalue weighted by molar-refractivity contribution is -0.139. The van der Waals surface area contributed by atoms with Gasteiger partial charge in [0.25, 0.3) is 0 Å². The Bertz CT molecular complexity index is 754. The molecule has 1 atom stereocenters. The van der Waals surface area contributed by atoms with E-state index in [9.17, 15) is 14.0 Å². The molecule has 1 unspecified atom stereocenters. The number of carbonyl (C=O) groups excluding carboxylic acids is 1. The van der Waals surface area contributed by atoms with Gasteiger partial charge in [-0.05, 0) is 29.8 Å². The highest BCUT2D eigenvalue weighted by atomic mass is 19.1. The van der Waals surface area contributed by atoms with Crippen molar-refractivity contribution in [2.75, 3.05) is 13.2 Å². The molecule has 0 spiro atoms. The van der Waals surface area contributed by atoms with Gasteiger partial charge in [0.15, 0.2) is 12.4 Å². The van der Waals surface area contributed by atoms with E-state index in [1.807, 2.05) is 0 Å². The maximum Gasteiger partial charge on any atom is 0.341 e. The number of carbonyl (C=O) groups is 2. The summed E-state index contributed by atoms with van der Waals surface area (Å²) in [5.74, 6) is -1.39. The molecule has 6 heteroatoms. The summed E-state index contributed by atoms with van der Waals surface area (Å²) >= 11 is 0. The standard InChI is InChI=1S/C17H13FO5/c18-11-3-1-10(2-4-11)14-8-23-15-7-12(22-9-16(19)20)5-6-13(15)17(14)21/h1-7,14H,8-9H2,(H,19,20). The summed E-state index contributed by atoms with van der Waals surface area (Å²) in [6.07, 6.45) is 0. The highest BCUT2D eigenvalue weighted by molar-refractivity contribution is 6.04. The number of carboxylic acids is 1. The molecule has 5 nitrogen and oxygen atoms in total. The summed E-state index contributed by atoms with van der Waals surface area (Å²) in [5, 5.41) is 8.60. The number of Topliss-reactive ketones (excluding diaryl/α,β-unsaturated/α-hetero) is 1. The Hall–Kier alpha value is -2.89. The number of aliphatic carboxylic acids is 1. The fourth-order valence-electron chi connectivity index (χ4n) is 2.44. The zero-order chi connectivity index (χ0) is 16.4. The van der Waals surface area contributed by atoms with Gasteiger partial charge in [0.1, 0.15) is 23.9 Å². The molecule has 1 aliphatic heterocycles. The van der Waals surface area contributed by atoms with E-state index in [4.69, 9.17) is 14.6 Å². The van der Waals surface area contributed by atoms with Crippen LogP contribution in [0.1, 0.15) is 21.8 Å². The molecule has 0 saturated heterocycles. The van der Waals surface area contributed by atoms with Gasteiger partial charge in [-0.2, -0.15) is 0 Å². The molecule has 2 aromatic rings. The third kappa shape index (κ3) is 3.15. The largest absolute Gasteiger partial charge is 0.492 e. The van der Waals surface area contributed by atoms with Crippen LogP contribution < -0.4 is 9.47 Å². The molecule has 0 radical (unpaired) electrons. The van der Waals surface area contributed by atoms with E-state index < -0.39 is 18.5 Å². The van der Waals surface area contributed by atoms with Crippen molar-refractivity contribution in [2.45, 2.75) is 5.92 Å². The zero-order valence-electron chi connectivity index (χ0n) is 12.0. The Balaban J connectivity index is 1.83. The van der Waals surface area contributed by atoms with E-state index in [1.54, 1.807) is 18.2 Å². The molecule has 1 heterocycles. The number of benzene rings is 2. The first-order valence-electron chi connectivity index (χ1n) is 6.95. The van der Waals surface area contributed by atoms with Crippen molar-refractivity contribution in [3.05, 3.63) is 59.4 Å². The molecule has 0 bridgehead atoms. The molecule has 0 saturated carbocycles. The van der Waals surface area contributed by atoms with Crippen molar-refractivity contribution in [2.24, 2.45) is 0 Å². The van der Waals surface area contributed by atoms with Crippen molar-refractivity contribution in [1.82, 2.24) is 0 Å². The molecule has 3 rings (SSSR count). The number of rotatable bonds is 4. The number of carboxylic acid groups (broad SMARTS) is 1. The van der Waals surface area contributed by atoms with Gasteiger partial charge in [0.05, 0.1) is 11.5 Å². The Labute approximate surface area is 131 Å². The molecule has 23 heavy (non-hydrogen) atoms. The molecule has 0 aromatic heterocycles. The smallest absolute Gasteiger partial charge is 0.341 e. The first kappa shape index (κ1) is 15.0. The third-order valence-corrected chi connectivity index (χ3v) is 3.58. The maximum atomic E-state index is 13.0. The van der Waals surface area contributed by atoms with Crippen molar-refractivity contribution < 1.29 is 28.6 Å². The molecule has 118 valence electrons. The van der Waals surface area contributed by atoms with Crippen LogP contribution >= 0.6 is 0 Å². The van der Waals surface area contributed by atoms with Gasteiger partial charge < -0.3 is 14.6 Å². The Morgan fingerprint density at radius 1 is 1.26 bits per heavy atom. The fourth-order valence-corrected chi connectivity index (χ4v) is 2.44. The van der Waals surface area contributed by atoms with Gasteiger partial charge in [-0.3, -0.25) is 4.79 Å². The van der Waals surface area contributed by atoms with Crippen LogP contribution in [0, 0.1) is 5.82 Å². The Kier molecular flexibility index (Phi) is 3.97. The lowest BCUT2D eigenvalue weighted by atomic mass is 9.89. The van der Waals surface area contributed by atoms with Crippen molar-refractivity contribution >= 4 is 11.8 Å². The van der Waals surface area contributed by atoms with Gasteiger partial charge in [-0.25, -0.2) is 9.18 Å². The first-order chi connectivity index (χ1) is 11.0. The predicted molar refractivity (Wildman–Crippen MR) is 78.5 cm³/mol. The van der Waals surface area contributed by atoms with Crippen LogP contribution in [0.4, 0.5) is 4.39 Å². The molecule has 0 aliphatic carbocycles. The Morgan fingerprint density at radius 2 is 2.00 bits per heavy atom. The second kappa shape index (κ2) is 6.08. The number of ether oxygens (including phenoxy) is 2. The van der Waals surface area contributed by atoms with Crippen LogP contribution in [0.2, 0.25) is 0 Å². The van der Waals surface area contributed by atoms with Crippen LogP contribution in [-0.2, 0) is 4.79 Å². The van der Waals surface area contributed by atoms with Crippen LogP contribution in [0.15, 0.2) is 42.5 Å². The van der Waals surface area contributed by atoms with Gasteiger partial charge >= 0.3 is 5.97 Å². The minimum atomic E-state index is -1.09. The fraction of sp³-hybridized carbons (Fsp3) is 0.176. The van der Waals surface area contributed by atoms with Gasteiger partial charge in [-0.15, -0.1) is 0 Å². The summed E-state index contributed by atoms with van der Waals surface area (Å²) in [6, 6.07) is 10.3. The summed E-state index contributed by atoms with van der Waals surface area (Å²) in [7, 11) is 0. The summed E-state index contributed by atoms with van der Waals surface area (Å²) in [4.78, 5) is 23.1. The summed E-state index contributed by atoms with van der Waals surface area (Å²) < 4.78 is 23.6. The van der Waals surface area contributed by atoms with E-state index in [0.29, 0.717) is 22.6 Å². The van der Waals surface area contributed by atoms with E-state index >= 15 is 0 Å². The molecule has 2 aromatic carbocycles. The normalized spacial score (nSPS) is 16.4. The molecule has 1 aliphatic rings. The van der Waals surface area contributed by atoms with E-state index in [2.05, 4.69) is 0 Å². The van der Waals surface area contributed by atoms with Crippen LogP contribution in [0.5, 0.6) is 11.5 Å². The number of ketones is 1. The average Bonchev–Trinajstić information content (AvgIpc) is 2.54. The topological polar surface area (TPSA) is 72.8 Å². The molecular weight excluding hydrogens is 303 g/mol. The van der Waals surface area contributed by atoms with E-state index in [0.717, 1.165) is 0 Å². The number of hydrogen-bond donors (Lipinski definition) is 1. The van der Waals surface area contributed by atoms with Crippen molar-refractivity contribution in [1.29, 1.82) is 0 Å². The molecular formula is C17H13FO5. The summed E-state index contributed by atoms with van der Waals surface area (Å²) in [5.41, 5.74) is 1.08. The monoisotopic (exact) mass is 316 g/mol. The molecule has 1 N–H and O–H groups in total. The molecule has 0 fully saturated rings. The van der Waals surface area contributed by atoms with Crippen LogP contribution in [0.25, 0.3) is 0 Å². The third-order valence-electron chi connectivity index (χ3n) is 3.58. The summed E-state index contributed by atoms with van der Waals surface area (Å²) in [6.45, 7) is -0.329. The second-order valence-electron chi connectivity index (χ2n) is 5.12. The number of hydrogen-bond acceptors (Lipinski definition) is 4. The van der Waals surface area contributed by atoms with Crippen LogP contribution in [-0.4, -0.2) is 30.1 Å². The zero-order valence-corrected chi connectivity index (χ0v) is 12.0. The van der Waals surface area contributed by atoms with Crippen molar-refractivity contribution in [3.8, 4) is 11.5 Å². The van der Waals surface area contributed by atoms with E-state index in [-0.39, 0.29) is 18.2 Å². The predicted octanol–water partition coefficient (Wildman–Crippen LogP) is 2.65. The minimum absolute atomic E-state index is 0.123. The number of halogens is 1. The first-order valence-corrected chi connectivity index (χ1v) is 6.95. The highest BCUT2D eigenvalue weighted by Crippen LogP contribution is 2.34. The minimum Gasteiger partial charge on any atom is -0.492 e. The van der Waals surface area contributed by atoms with Gasteiger partial charge in [0.2, 0.25) is 0 Å². The highest BCUT2D eigenvalue weighted by Gasteiger charge is 2.30.